The van der Waals surface area contributed by atoms with E-state index in [2.05, 4.69) is 36.4 Å². The van der Waals surface area contributed by atoms with Gasteiger partial charge >= 0.3 is 0 Å². The Morgan fingerprint density at radius 1 is 1.33 bits per heavy atom. The van der Waals surface area contributed by atoms with Gasteiger partial charge in [0.05, 0.1) is 0 Å². The molecule has 0 aliphatic carbocycles. The fourth-order valence-electron chi connectivity index (χ4n) is 0.883. The molecule has 0 aromatic rings. The van der Waals surface area contributed by atoms with Gasteiger partial charge in [-0.2, -0.15) is 0 Å². The maximum atomic E-state index is 2.45. The smallest absolute Gasteiger partial charge is 0.000219 e. The minimum atomic E-state index is 0.960. The molecule has 56 valence electrons. The van der Waals surface area contributed by atoms with Gasteiger partial charge in [-0.15, -0.1) is 0 Å². The van der Waals surface area contributed by atoms with E-state index in [0.717, 1.165) is 5.92 Å². The molecule has 1 heteroatoms. The molecule has 0 saturated heterocycles. The Labute approximate surface area is 72.6 Å². The van der Waals surface area contributed by atoms with E-state index in [9.17, 15) is 0 Å². The molecule has 0 bridgehead atoms. The van der Waals surface area contributed by atoms with Gasteiger partial charge in [0, 0.05) is 0 Å². The van der Waals surface area contributed by atoms with Crippen LogP contribution in [0.4, 0.5) is 0 Å². The highest BCUT2D eigenvalue weighted by Crippen LogP contribution is 2.12. The van der Waals surface area contributed by atoms with Crippen LogP contribution in [0.3, 0.4) is 0 Å². The van der Waals surface area contributed by atoms with E-state index in [1.54, 1.807) is 0 Å². The molecule has 0 amide bonds. The topological polar surface area (TPSA) is 0 Å². The Kier molecular flexibility index (Phi) is 7.40. The summed E-state index contributed by atoms with van der Waals surface area (Å²) in [5, 5.41) is 0. The Morgan fingerprint density at radius 3 is 2.44 bits per heavy atom. The quantitative estimate of drug-likeness (QED) is 0.508. The summed E-state index contributed by atoms with van der Waals surface area (Å²) >= 11 is 2.45. The summed E-state index contributed by atoms with van der Waals surface area (Å²) in [5.74, 6) is 0.960. The van der Waals surface area contributed by atoms with Crippen molar-refractivity contribution in [1.82, 2.24) is 0 Å². The Bertz CT molecular complexity index is 52.5. The number of unbranched alkanes of at least 4 members (excludes halogenated alkanes) is 1. The Balaban J connectivity index is 2.95. The van der Waals surface area contributed by atoms with Gasteiger partial charge in [-0.1, -0.05) is 55.7 Å². The van der Waals surface area contributed by atoms with Crippen LogP contribution < -0.4 is 0 Å². The van der Waals surface area contributed by atoms with Gasteiger partial charge in [0.25, 0.3) is 0 Å². The minimum absolute atomic E-state index is 0.960. The first-order valence-electron chi connectivity index (χ1n) is 3.87. The Morgan fingerprint density at radius 2 is 2.00 bits per heavy atom. The second kappa shape index (κ2) is 6.84. The molecule has 0 aromatic heterocycles. The third-order valence-corrected chi connectivity index (χ3v) is 2.28. The predicted molar refractivity (Wildman–Crippen MR) is 52.2 cm³/mol. The number of alkyl halides is 1. The van der Waals surface area contributed by atoms with Gasteiger partial charge in [0.15, 0.2) is 0 Å². The maximum Gasteiger partial charge on any atom is -0.000219 e. The number of halogens is 1. The molecule has 0 saturated carbocycles. The van der Waals surface area contributed by atoms with Crippen LogP contribution in [0.15, 0.2) is 0 Å². The highest BCUT2D eigenvalue weighted by atomic mass is 127. The fourth-order valence-corrected chi connectivity index (χ4v) is 1.95. The third kappa shape index (κ3) is 6.62. The molecule has 0 aliphatic rings. The zero-order valence-electron chi connectivity index (χ0n) is 6.49. The van der Waals surface area contributed by atoms with Crippen LogP contribution >= 0.6 is 22.6 Å². The van der Waals surface area contributed by atoms with E-state index < -0.39 is 0 Å². The van der Waals surface area contributed by atoms with Crippen molar-refractivity contribution in [1.29, 1.82) is 0 Å². The van der Waals surface area contributed by atoms with Crippen LogP contribution in [-0.2, 0) is 0 Å². The van der Waals surface area contributed by atoms with Crippen molar-refractivity contribution in [2.24, 2.45) is 5.92 Å². The first-order valence-corrected chi connectivity index (χ1v) is 5.39. The summed E-state index contributed by atoms with van der Waals surface area (Å²) in [6, 6.07) is 0. The first-order chi connectivity index (χ1) is 4.31. The van der Waals surface area contributed by atoms with Crippen molar-refractivity contribution < 1.29 is 0 Å². The van der Waals surface area contributed by atoms with Crippen molar-refractivity contribution in [2.75, 3.05) is 4.43 Å². The molecule has 0 rings (SSSR count). The molecule has 0 fully saturated rings. The van der Waals surface area contributed by atoms with Gasteiger partial charge in [0.1, 0.15) is 0 Å². The predicted octanol–water partition coefficient (Wildman–Crippen LogP) is 3.64. The van der Waals surface area contributed by atoms with Crippen LogP contribution in [0.25, 0.3) is 0 Å². The largest absolute Gasteiger partial charge is 0.0864 e. The zero-order chi connectivity index (χ0) is 7.11. The zero-order valence-corrected chi connectivity index (χ0v) is 8.65. The van der Waals surface area contributed by atoms with Crippen molar-refractivity contribution in [2.45, 2.75) is 39.5 Å². The molecule has 0 aliphatic heterocycles. The van der Waals surface area contributed by atoms with Crippen molar-refractivity contribution in [3.05, 3.63) is 0 Å². The van der Waals surface area contributed by atoms with Crippen LogP contribution in [0, 0.1) is 5.92 Å². The molecule has 0 N–H and O–H groups in total. The van der Waals surface area contributed by atoms with Crippen LogP contribution in [0.5, 0.6) is 0 Å². The molecule has 0 nitrogen and oxygen atoms in total. The molecule has 0 heterocycles. The minimum Gasteiger partial charge on any atom is -0.0864 e. The summed E-state index contributed by atoms with van der Waals surface area (Å²) in [7, 11) is 0. The van der Waals surface area contributed by atoms with Crippen LogP contribution in [-0.4, -0.2) is 4.43 Å². The second-order valence-corrected chi connectivity index (χ2v) is 3.80. The number of rotatable bonds is 5. The third-order valence-electron chi connectivity index (χ3n) is 1.65. The van der Waals surface area contributed by atoms with Crippen molar-refractivity contribution in [3.63, 3.8) is 0 Å². The van der Waals surface area contributed by atoms with E-state index in [1.807, 2.05) is 0 Å². The first kappa shape index (κ1) is 9.73. The summed E-state index contributed by atoms with van der Waals surface area (Å²) in [4.78, 5) is 0. The monoisotopic (exact) mass is 240 g/mol. The molecule has 0 unspecified atom stereocenters. The van der Waals surface area contributed by atoms with Gasteiger partial charge in [-0.3, -0.25) is 0 Å². The standard InChI is InChI=1S/C8H17I/c1-3-4-5-8(2)6-7-9/h8H,3-7H2,1-2H3/t8-/m0/s1. The van der Waals surface area contributed by atoms with E-state index in [1.165, 1.54) is 30.1 Å². The lowest BCUT2D eigenvalue weighted by Gasteiger charge is -2.06. The molecule has 0 spiro atoms. The van der Waals surface area contributed by atoms with Gasteiger partial charge < -0.3 is 0 Å². The SMILES string of the molecule is CCCC[C@H](C)CCI. The average Bonchev–Trinajstić information content (AvgIpc) is 1.85. The molecule has 0 radical (unpaired) electrons. The lowest BCUT2D eigenvalue weighted by molar-refractivity contribution is 0.497. The maximum absolute atomic E-state index is 2.45. The summed E-state index contributed by atoms with van der Waals surface area (Å²) in [6.07, 6.45) is 5.60. The highest BCUT2D eigenvalue weighted by molar-refractivity contribution is 14.1. The normalized spacial score (nSPS) is 13.7. The average molecular weight is 240 g/mol. The molecular weight excluding hydrogens is 223 g/mol. The lowest BCUT2D eigenvalue weighted by Crippen LogP contribution is -1.94. The summed E-state index contributed by atoms with van der Waals surface area (Å²) < 4.78 is 1.32. The second-order valence-electron chi connectivity index (χ2n) is 2.73. The number of hydrogen-bond acceptors (Lipinski definition) is 0. The van der Waals surface area contributed by atoms with Crippen LogP contribution in [0.2, 0.25) is 0 Å². The highest BCUT2D eigenvalue weighted by Gasteiger charge is 1.97. The molecular formula is C8H17I. The van der Waals surface area contributed by atoms with Crippen molar-refractivity contribution in [3.8, 4) is 0 Å². The lowest BCUT2D eigenvalue weighted by atomic mass is 10.0. The van der Waals surface area contributed by atoms with E-state index >= 15 is 0 Å². The van der Waals surface area contributed by atoms with Gasteiger partial charge in [-0.25, -0.2) is 0 Å². The van der Waals surface area contributed by atoms with Crippen molar-refractivity contribution >= 4 is 22.6 Å². The van der Waals surface area contributed by atoms with E-state index in [4.69, 9.17) is 0 Å². The van der Waals surface area contributed by atoms with E-state index in [-0.39, 0.29) is 0 Å². The Hall–Kier alpha value is 0.730. The van der Waals surface area contributed by atoms with Gasteiger partial charge in [0.2, 0.25) is 0 Å². The molecule has 9 heavy (non-hydrogen) atoms. The van der Waals surface area contributed by atoms with Gasteiger partial charge in [-0.05, 0) is 16.8 Å². The van der Waals surface area contributed by atoms with Crippen LogP contribution in [0.1, 0.15) is 39.5 Å². The summed E-state index contributed by atoms with van der Waals surface area (Å²) in [6.45, 7) is 4.62. The fraction of sp³-hybridized carbons (Fsp3) is 1.00. The molecule has 1 atom stereocenters. The molecule has 0 aromatic carbocycles. The van der Waals surface area contributed by atoms with E-state index in [0.29, 0.717) is 0 Å². The summed E-state index contributed by atoms with van der Waals surface area (Å²) in [5.41, 5.74) is 0. The number of hydrogen-bond donors (Lipinski definition) is 0.